The first-order chi connectivity index (χ1) is 9.54. The van der Waals surface area contributed by atoms with Gasteiger partial charge in [-0.1, -0.05) is 13.8 Å². The van der Waals surface area contributed by atoms with Crippen LogP contribution < -0.4 is 11.1 Å². The highest BCUT2D eigenvalue weighted by Crippen LogP contribution is 2.29. The van der Waals surface area contributed by atoms with Crippen molar-refractivity contribution < 1.29 is 27.9 Å². The summed E-state index contributed by atoms with van der Waals surface area (Å²) in [5, 5.41) is 11.4. The predicted molar refractivity (Wildman–Crippen MR) is 67.6 cm³/mol. The third-order valence-corrected chi connectivity index (χ3v) is 2.68. The molecule has 0 saturated heterocycles. The van der Waals surface area contributed by atoms with Crippen LogP contribution in [0.4, 0.5) is 19.0 Å². The van der Waals surface area contributed by atoms with Crippen molar-refractivity contribution in [3.8, 4) is 0 Å². The Balaban J connectivity index is 3.30. The van der Waals surface area contributed by atoms with E-state index in [0.29, 0.717) is 6.07 Å². The van der Waals surface area contributed by atoms with E-state index in [1.807, 2.05) is 0 Å². The van der Waals surface area contributed by atoms with Crippen molar-refractivity contribution in [1.82, 2.24) is 4.98 Å². The maximum absolute atomic E-state index is 12.6. The Morgan fingerprint density at radius 1 is 1.33 bits per heavy atom. The van der Waals surface area contributed by atoms with Gasteiger partial charge in [0.15, 0.2) is 0 Å². The van der Waals surface area contributed by atoms with Crippen LogP contribution in [0.2, 0.25) is 0 Å². The number of nitrogens with zero attached hydrogens (tertiary/aromatic N) is 1. The molecule has 0 aliphatic heterocycles. The maximum Gasteiger partial charge on any atom is 0.433 e. The highest BCUT2D eigenvalue weighted by Gasteiger charge is 2.34. The van der Waals surface area contributed by atoms with E-state index in [1.165, 1.54) is 0 Å². The molecular formula is C12H14F3N3O3. The number of rotatable bonds is 5. The summed E-state index contributed by atoms with van der Waals surface area (Å²) >= 11 is 0. The van der Waals surface area contributed by atoms with Crippen molar-refractivity contribution >= 4 is 17.7 Å². The number of halogens is 3. The Hall–Kier alpha value is -2.32. The van der Waals surface area contributed by atoms with Crippen LogP contribution in [-0.4, -0.2) is 28.0 Å². The third kappa shape index (κ3) is 4.07. The second-order valence-electron chi connectivity index (χ2n) is 4.66. The molecule has 0 aromatic carbocycles. The van der Waals surface area contributed by atoms with Gasteiger partial charge in [-0.3, -0.25) is 4.79 Å². The van der Waals surface area contributed by atoms with E-state index in [-0.39, 0.29) is 5.56 Å². The van der Waals surface area contributed by atoms with Crippen molar-refractivity contribution in [1.29, 1.82) is 0 Å². The molecule has 1 heterocycles. The van der Waals surface area contributed by atoms with Gasteiger partial charge in [-0.2, -0.15) is 13.2 Å². The number of carbonyl (C=O) groups is 2. The van der Waals surface area contributed by atoms with E-state index < -0.39 is 41.5 Å². The zero-order valence-corrected chi connectivity index (χ0v) is 11.2. The number of carboxylic acids is 1. The van der Waals surface area contributed by atoms with Gasteiger partial charge in [-0.05, 0) is 18.1 Å². The van der Waals surface area contributed by atoms with Crippen molar-refractivity contribution in [2.45, 2.75) is 26.1 Å². The molecule has 21 heavy (non-hydrogen) atoms. The molecule has 116 valence electrons. The molecule has 6 nitrogen and oxygen atoms in total. The number of primary amides is 1. The van der Waals surface area contributed by atoms with Gasteiger partial charge in [0.25, 0.3) is 5.91 Å². The number of nitrogens with one attached hydrogen (secondary N) is 1. The second kappa shape index (κ2) is 5.98. The Labute approximate surface area is 118 Å². The van der Waals surface area contributed by atoms with E-state index in [9.17, 15) is 22.8 Å². The topological polar surface area (TPSA) is 105 Å². The van der Waals surface area contributed by atoms with E-state index in [1.54, 1.807) is 13.8 Å². The molecule has 1 aromatic heterocycles. The zero-order chi connectivity index (χ0) is 16.4. The van der Waals surface area contributed by atoms with Crippen molar-refractivity contribution in [3.63, 3.8) is 0 Å². The molecule has 1 unspecified atom stereocenters. The standard InChI is InChI=1S/C12H14F3N3O3/c1-5(2)8(11(20)21)18-10-6(9(16)19)3-4-7(17-10)12(13,14)15/h3-5,8H,1-2H3,(H2,16,19)(H,17,18)(H,20,21). The number of anilines is 1. The first-order valence-corrected chi connectivity index (χ1v) is 5.91. The number of amides is 1. The second-order valence-corrected chi connectivity index (χ2v) is 4.66. The number of hydrogen-bond acceptors (Lipinski definition) is 4. The van der Waals surface area contributed by atoms with Crippen LogP contribution in [0.3, 0.4) is 0 Å². The van der Waals surface area contributed by atoms with E-state index in [4.69, 9.17) is 10.8 Å². The molecule has 1 aromatic rings. The summed E-state index contributed by atoms with van der Waals surface area (Å²) in [7, 11) is 0. The molecule has 0 saturated carbocycles. The fourth-order valence-corrected chi connectivity index (χ4v) is 1.59. The Kier molecular flexibility index (Phi) is 4.77. The van der Waals surface area contributed by atoms with E-state index >= 15 is 0 Å². The number of nitrogens with two attached hydrogens (primary N) is 1. The van der Waals surface area contributed by atoms with Gasteiger partial charge in [0.2, 0.25) is 0 Å². The molecule has 0 bridgehead atoms. The highest BCUT2D eigenvalue weighted by molar-refractivity contribution is 5.98. The summed E-state index contributed by atoms with van der Waals surface area (Å²) in [6.45, 7) is 3.12. The van der Waals surface area contributed by atoms with Crippen LogP contribution in [0, 0.1) is 5.92 Å². The van der Waals surface area contributed by atoms with Crippen LogP contribution in [0.5, 0.6) is 0 Å². The molecule has 1 rings (SSSR count). The van der Waals surface area contributed by atoms with Gasteiger partial charge in [-0.15, -0.1) is 0 Å². The minimum Gasteiger partial charge on any atom is -0.480 e. The summed E-state index contributed by atoms with van der Waals surface area (Å²) in [6, 6.07) is 0.259. The number of carboxylic acid groups (broad SMARTS) is 1. The smallest absolute Gasteiger partial charge is 0.433 e. The molecule has 0 aliphatic rings. The summed E-state index contributed by atoms with van der Waals surface area (Å²) in [5.74, 6) is -3.23. The quantitative estimate of drug-likeness (QED) is 0.768. The monoisotopic (exact) mass is 305 g/mol. The largest absolute Gasteiger partial charge is 0.480 e. The Morgan fingerprint density at radius 3 is 2.29 bits per heavy atom. The van der Waals surface area contributed by atoms with Gasteiger partial charge >= 0.3 is 12.1 Å². The van der Waals surface area contributed by atoms with Crippen LogP contribution >= 0.6 is 0 Å². The van der Waals surface area contributed by atoms with Crippen molar-refractivity contribution in [3.05, 3.63) is 23.4 Å². The lowest BCUT2D eigenvalue weighted by molar-refractivity contribution is -0.141. The molecular weight excluding hydrogens is 291 g/mol. The lowest BCUT2D eigenvalue weighted by Gasteiger charge is -2.20. The summed E-state index contributed by atoms with van der Waals surface area (Å²) < 4.78 is 37.9. The molecule has 4 N–H and O–H groups in total. The molecule has 0 fully saturated rings. The number of carbonyl (C=O) groups excluding carboxylic acids is 1. The zero-order valence-electron chi connectivity index (χ0n) is 11.2. The van der Waals surface area contributed by atoms with Crippen LogP contribution in [0.25, 0.3) is 0 Å². The number of aliphatic carboxylic acids is 1. The summed E-state index contributed by atoms with van der Waals surface area (Å²) in [5.41, 5.74) is 3.50. The van der Waals surface area contributed by atoms with E-state index in [0.717, 1.165) is 6.07 Å². The fourth-order valence-electron chi connectivity index (χ4n) is 1.59. The van der Waals surface area contributed by atoms with Crippen molar-refractivity contribution in [2.75, 3.05) is 5.32 Å². The summed E-state index contributed by atoms with van der Waals surface area (Å²) in [6.07, 6.45) is -4.72. The third-order valence-electron chi connectivity index (χ3n) is 2.68. The van der Waals surface area contributed by atoms with Gasteiger partial charge in [0.1, 0.15) is 17.6 Å². The average Bonchev–Trinajstić information content (AvgIpc) is 2.33. The predicted octanol–water partition coefficient (Wildman–Crippen LogP) is 1.72. The van der Waals surface area contributed by atoms with E-state index in [2.05, 4.69) is 10.3 Å². The first kappa shape index (κ1) is 16.7. The highest BCUT2D eigenvalue weighted by atomic mass is 19.4. The lowest BCUT2D eigenvalue weighted by atomic mass is 10.0. The van der Waals surface area contributed by atoms with Crippen LogP contribution in [-0.2, 0) is 11.0 Å². The van der Waals surface area contributed by atoms with Crippen molar-refractivity contribution in [2.24, 2.45) is 11.7 Å². The fraction of sp³-hybridized carbons (Fsp3) is 0.417. The number of alkyl halides is 3. The lowest BCUT2D eigenvalue weighted by Crippen LogP contribution is -2.35. The minimum atomic E-state index is -4.72. The number of hydrogen-bond donors (Lipinski definition) is 3. The Bertz CT molecular complexity index is 558. The average molecular weight is 305 g/mol. The number of pyridine rings is 1. The molecule has 1 amide bonds. The van der Waals surface area contributed by atoms with Gasteiger partial charge in [-0.25, -0.2) is 9.78 Å². The Morgan fingerprint density at radius 2 is 1.90 bits per heavy atom. The van der Waals surface area contributed by atoms with Crippen LogP contribution in [0.1, 0.15) is 29.9 Å². The molecule has 1 atom stereocenters. The van der Waals surface area contributed by atoms with Crippen LogP contribution in [0.15, 0.2) is 12.1 Å². The summed E-state index contributed by atoms with van der Waals surface area (Å²) in [4.78, 5) is 25.6. The van der Waals surface area contributed by atoms with Gasteiger partial charge in [0, 0.05) is 0 Å². The molecule has 9 heteroatoms. The molecule has 0 spiro atoms. The molecule has 0 aliphatic carbocycles. The molecule has 0 radical (unpaired) electrons. The minimum absolute atomic E-state index is 0.310. The maximum atomic E-state index is 12.6. The SMILES string of the molecule is CC(C)C(Nc1nc(C(F)(F)F)ccc1C(N)=O)C(=O)O. The van der Waals surface area contributed by atoms with Gasteiger partial charge < -0.3 is 16.2 Å². The number of aromatic nitrogens is 1. The first-order valence-electron chi connectivity index (χ1n) is 5.91. The van der Waals surface area contributed by atoms with Gasteiger partial charge in [0.05, 0.1) is 5.56 Å². The normalized spacial score (nSPS) is 13.0.